The highest BCUT2D eigenvalue weighted by Crippen LogP contribution is 2.22. The Bertz CT molecular complexity index is 775. The van der Waals surface area contributed by atoms with Gasteiger partial charge in [0.15, 0.2) is 0 Å². The Morgan fingerprint density at radius 1 is 1.12 bits per heavy atom. The molecule has 0 bridgehead atoms. The highest BCUT2D eigenvalue weighted by molar-refractivity contribution is 5.87. The van der Waals surface area contributed by atoms with Gasteiger partial charge in [0, 0.05) is 20.0 Å². The number of ether oxygens (including phenoxy) is 1. The van der Waals surface area contributed by atoms with Gasteiger partial charge in [-0.05, 0) is 54.8 Å². The molecule has 1 N–H and O–H groups in total. The van der Waals surface area contributed by atoms with Crippen LogP contribution < -0.4 is 10.1 Å². The van der Waals surface area contributed by atoms with E-state index in [-0.39, 0.29) is 23.7 Å². The van der Waals surface area contributed by atoms with Crippen LogP contribution in [0.4, 0.5) is 4.39 Å². The second-order valence-electron chi connectivity index (χ2n) is 6.29. The number of amides is 2. The van der Waals surface area contributed by atoms with Gasteiger partial charge in [0.25, 0.3) is 0 Å². The minimum absolute atomic E-state index is 0.0649. The molecule has 0 saturated carbocycles. The predicted molar refractivity (Wildman–Crippen MR) is 95.2 cm³/mol. The molecule has 1 saturated heterocycles. The van der Waals surface area contributed by atoms with E-state index < -0.39 is 0 Å². The average Bonchev–Trinajstić information content (AvgIpc) is 3.13. The molecule has 136 valence electrons. The molecule has 1 atom stereocenters. The Morgan fingerprint density at radius 3 is 2.35 bits per heavy atom. The highest BCUT2D eigenvalue weighted by Gasteiger charge is 2.31. The van der Waals surface area contributed by atoms with Gasteiger partial charge in [0.2, 0.25) is 11.8 Å². The van der Waals surface area contributed by atoms with Crippen LogP contribution in [0.25, 0.3) is 0 Å². The van der Waals surface area contributed by atoms with E-state index in [0.717, 1.165) is 12.0 Å². The number of nitrogens with one attached hydrogen (secondary N) is 1. The van der Waals surface area contributed by atoms with Crippen LogP contribution in [0.5, 0.6) is 11.5 Å². The first-order chi connectivity index (χ1) is 12.5. The van der Waals surface area contributed by atoms with Gasteiger partial charge in [-0.1, -0.05) is 12.1 Å². The monoisotopic (exact) mass is 356 g/mol. The van der Waals surface area contributed by atoms with Gasteiger partial charge < -0.3 is 15.0 Å². The maximum Gasteiger partial charge on any atom is 0.243 e. The van der Waals surface area contributed by atoms with Crippen molar-refractivity contribution < 1.29 is 18.7 Å². The molecule has 0 aliphatic carbocycles. The van der Waals surface area contributed by atoms with E-state index in [0.29, 0.717) is 31.0 Å². The van der Waals surface area contributed by atoms with Crippen molar-refractivity contribution in [2.24, 2.45) is 0 Å². The van der Waals surface area contributed by atoms with E-state index in [1.165, 1.54) is 19.1 Å². The first kappa shape index (κ1) is 17.9. The zero-order chi connectivity index (χ0) is 18.5. The fourth-order valence-electron chi connectivity index (χ4n) is 3.04. The molecule has 2 aromatic carbocycles. The maximum absolute atomic E-state index is 12.9. The Balaban J connectivity index is 1.53. The predicted octanol–water partition coefficient (Wildman–Crippen LogP) is 3.25. The third-order valence-electron chi connectivity index (χ3n) is 4.40. The molecular formula is C20H21FN2O3. The fraction of sp³-hybridized carbons (Fsp3) is 0.300. The van der Waals surface area contributed by atoms with E-state index in [4.69, 9.17) is 4.74 Å². The van der Waals surface area contributed by atoms with Crippen LogP contribution in [-0.4, -0.2) is 29.3 Å². The lowest BCUT2D eigenvalue weighted by Crippen LogP contribution is -2.44. The Hall–Kier alpha value is -2.89. The first-order valence-electron chi connectivity index (χ1n) is 8.60. The smallest absolute Gasteiger partial charge is 0.243 e. The van der Waals surface area contributed by atoms with Crippen molar-refractivity contribution in [3.8, 4) is 11.5 Å². The summed E-state index contributed by atoms with van der Waals surface area (Å²) in [6, 6.07) is 12.7. The molecule has 0 radical (unpaired) electrons. The molecule has 1 heterocycles. The van der Waals surface area contributed by atoms with Gasteiger partial charge in [-0.15, -0.1) is 0 Å². The van der Waals surface area contributed by atoms with Crippen molar-refractivity contribution in [3.05, 3.63) is 59.9 Å². The molecule has 2 aromatic rings. The van der Waals surface area contributed by atoms with Crippen LogP contribution in [0.1, 0.15) is 25.3 Å². The van der Waals surface area contributed by atoms with Crippen LogP contribution in [0.3, 0.4) is 0 Å². The summed E-state index contributed by atoms with van der Waals surface area (Å²) in [7, 11) is 0. The standard InChI is InChI=1S/C20H21FN2O3/c1-14(24)23-12-2-3-19(23)20(25)22-13-15-4-8-17(9-5-15)26-18-10-6-16(21)7-11-18/h4-11,19H,2-3,12-13H2,1H3,(H,22,25). The summed E-state index contributed by atoms with van der Waals surface area (Å²) < 4.78 is 18.5. The van der Waals surface area contributed by atoms with Crippen LogP contribution in [0.2, 0.25) is 0 Å². The SMILES string of the molecule is CC(=O)N1CCCC1C(=O)NCc1ccc(Oc2ccc(F)cc2)cc1. The minimum atomic E-state index is -0.367. The van der Waals surface area contributed by atoms with Gasteiger partial charge >= 0.3 is 0 Å². The average molecular weight is 356 g/mol. The lowest BCUT2D eigenvalue weighted by atomic mass is 10.2. The fourth-order valence-corrected chi connectivity index (χ4v) is 3.04. The summed E-state index contributed by atoms with van der Waals surface area (Å²) >= 11 is 0. The minimum Gasteiger partial charge on any atom is -0.457 e. The van der Waals surface area contributed by atoms with Crippen molar-refractivity contribution in [3.63, 3.8) is 0 Å². The quantitative estimate of drug-likeness (QED) is 0.895. The second kappa shape index (κ2) is 7.99. The van der Waals surface area contributed by atoms with Crippen LogP contribution in [-0.2, 0) is 16.1 Å². The molecule has 5 nitrogen and oxygen atoms in total. The molecule has 3 rings (SSSR count). The molecule has 6 heteroatoms. The second-order valence-corrected chi connectivity index (χ2v) is 6.29. The highest BCUT2D eigenvalue weighted by atomic mass is 19.1. The summed E-state index contributed by atoms with van der Waals surface area (Å²) in [5, 5.41) is 2.89. The first-order valence-corrected chi connectivity index (χ1v) is 8.60. The molecule has 26 heavy (non-hydrogen) atoms. The molecule has 1 fully saturated rings. The number of likely N-dealkylation sites (tertiary alicyclic amines) is 1. The third-order valence-corrected chi connectivity index (χ3v) is 4.40. The number of benzene rings is 2. The molecule has 1 aliphatic rings. The van der Waals surface area contributed by atoms with Gasteiger partial charge in [0.05, 0.1) is 0 Å². The van der Waals surface area contributed by atoms with Crippen molar-refractivity contribution in [2.45, 2.75) is 32.4 Å². The number of halogens is 1. The van der Waals surface area contributed by atoms with Crippen molar-refractivity contribution in [1.82, 2.24) is 10.2 Å². The van der Waals surface area contributed by atoms with Crippen molar-refractivity contribution in [1.29, 1.82) is 0 Å². The maximum atomic E-state index is 12.9. The summed E-state index contributed by atoms with van der Waals surface area (Å²) in [6.45, 7) is 2.52. The third kappa shape index (κ3) is 4.39. The van der Waals surface area contributed by atoms with Crippen LogP contribution in [0.15, 0.2) is 48.5 Å². The topological polar surface area (TPSA) is 58.6 Å². The van der Waals surface area contributed by atoms with E-state index >= 15 is 0 Å². The molecule has 2 amide bonds. The lowest BCUT2D eigenvalue weighted by molar-refractivity contribution is -0.136. The van der Waals surface area contributed by atoms with Crippen molar-refractivity contribution in [2.75, 3.05) is 6.54 Å². The van der Waals surface area contributed by atoms with E-state index in [1.807, 2.05) is 12.1 Å². The summed E-state index contributed by atoms with van der Waals surface area (Å²) in [4.78, 5) is 25.5. The number of hydrogen-bond acceptors (Lipinski definition) is 3. The summed E-state index contributed by atoms with van der Waals surface area (Å²) in [5.74, 6) is 0.687. The molecule has 0 aromatic heterocycles. The Kier molecular flexibility index (Phi) is 5.51. The van der Waals surface area contributed by atoms with Crippen LogP contribution >= 0.6 is 0 Å². The van der Waals surface area contributed by atoms with Gasteiger partial charge in [-0.25, -0.2) is 4.39 Å². The van der Waals surface area contributed by atoms with E-state index in [9.17, 15) is 14.0 Å². The summed E-state index contributed by atoms with van der Waals surface area (Å²) in [6.07, 6.45) is 1.56. The van der Waals surface area contributed by atoms with Crippen LogP contribution in [0, 0.1) is 5.82 Å². The largest absolute Gasteiger partial charge is 0.457 e. The Labute approximate surface area is 151 Å². The molecule has 1 aliphatic heterocycles. The van der Waals surface area contributed by atoms with Gasteiger partial charge in [-0.2, -0.15) is 0 Å². The van der Waals surface area contributed by atoms with Gasteiger partial charge in [0.1, 0.15) is 23.4 Å². The molecule has 1 unspecified atom stereocenters. The molecule has 0 spiro atoms. The van der Waals surface area contributed by atoms with Crippen molar-refractivity contribution >= 4 is 11.8 Å². The number of hydrogen-bond donors (Lipinski definition) is 1. The number of rotatable bonds is 5. The van der Waals surface area contributed by atoms with E-state index in [1.54, 1.807) is 29.2 Å². The Morgan fingerprint density at radius 2 is 1.73 bits per heavy atom. The normalized spacial score (nSPS) is 16.4. The number of carbonyl (C=O) groups is 2. The zero-order valence-electron chi connectivity index (χ0n) is 14.6. The summed E-state index contributed by atoms with van der Waals surface area (Å²) in [5.41, 5.74) is 0.928. The van der Waals surface area contributed by atoms with E-state index in [2.05, 4.69) is 5.32 Å². The van der Waals surface area contributed by atoms with Gasteiger partial charge in [-0.3, -0.25) is 9.59 Å². The number of nitrogens with zero attached hydrogens (tertiary/aromatic N) is 1. The number of carbonyl (C=O) groups excluding carboxylic acids is 2. The zero-order valence-corrected chi connectivity index (χ0v) is 14.6. The lowest BCUT2D eigenvalue weighted by Gasteiger charge is -2.22. The molecular weight excluding hydrogens is 335 g/mol.